The van der Waals surface area contributed by atoms with Crippen LogP contribution >= 0.6 is 0 Å². The summed E-state index contributed by atoms with van der Waals surface area (Å²) in [5, 5.41) is 6.37. The number of guanidine groups is 1. The minimum Gasteiger partial charge on any atom is -0.496 e. The van der Waals surface area contributed by atoms with Crippen LogP contribution in [-0.4, -0.2) is 56.5 Å². The number of amides is 2. The molecule has 3 rings (SSSR count). The van der Waals surface area contributed by atoms with Crippen LogP contribution < -0.4 is 15.4 Å². The summed E-state index contributed by atoms with van der Waals surface area (Å²) >= 11 is 0. The van der Waals surface area contributed by atoms with Crippen molar-refractivity contribution in [2.24, 2.45) is 4.99 Å². The number of benzene rings is 2. The third-order valence-corrected chi connectivity index (χ3v) is 4.61. The predicted octanol–water partition coefficient (Wildman–Crippen LogP) is 1.70. The van der Waals surface area contributed by atoms with E-state index in [1.807, 2.05) is 24.3 Å². The van der Waals surface area contributed by atoms with Gasteiger partial charge in [-0.15, -0.1) is 0 Å². The Kier molecular flexibility index (Phi) is 6.26. The molecule has 0 radical (unpaired) electrons. The van der Waals surface area contributed by atoms with Crippen molar-refractivity contribution in [2.45, 2.75) is 6.42 Å². The zero-order chi connectivity index (χ0) is 19.9. The van der Waals surface area contributed by atoms with E-state index in [1.54, 1.807) is 38.4 Å². The highest BCUT2D eigenvalue weighted by Gasteiger charge is 2.34. The molecule has 0 aliphatic carbocycles. The normalized spacial score (nSPS) is 13.5. The fourth-order valence-corrected chi connectivity index (χ4v) is 3.17. The molecule has 2 N–H and O–H groups in total. The minimum absolute atomic E-state index is 0.249. The number of nitrogens with zero attached hydrogens (tertiary/aromatic N) is 2. The lowest BCUT2D eigenvalue weighted by Crippen LogP contribution is -2.43. The lowest BCUT2D eigenvalue weighted by molar-refractivity contribution is 0.0657. The number of methoxy groups -OCH3 is 1. The first kappa shape index (κ1) is 19.4. The summed E-state index contributed by atoms with van der Waals surface area (Å²) in [7, 11) is 3.34. The summed E-state index contributed by atoms with van der Waals surface area (Å²) in [4.78, 5) is 30.2. The van der Waals surface area contributed by atoms with Crippen LogP contribution in [0.25, 0.3) is 0 Å². The number of carbonyl (C=O) groups is 2. The van der Waals surface area contributed by atoms with Gasteiger partial charge in [0, 0.05) is 26.7 Å². The highest BCUT2D eigenvalue weighted by Crippen LogP contribution is 2.21. The second kappa shape index (κ2) is 9.03. The van der Waals surface area contributed by atoms with E-state index >= 15 is 0 Å². The molecular weight excluding hydrogens is 356 g/mol. The lowest BCUT2D eigenvalue weighted by atomic mass is 10.1. The Morgan fingerprint density at radius 2 is 1.57 bits per heavy atom. The molecule has 0 aromatic heterocycles. The van der Waals surface area contributed by atoms with E-state index in [1.165, 1.54) is 4.90 Å². The molecule has 2 aromatic rings. The Morgan fingerprint density at radius 1 is 0.964 bits per heavy atom. The van der Waals surface area contributed by atoms with Gasteiger partial charge >= 0.3 is 0 Å². The van der Waals surface area contributed by atoms with Gasteiger partial charge in [-0.1, -0.05) is 30.3 Å². The number of rotatable bonds is 7. The summed E-state index contributed by atoms with van der Waals surface area (Å²) < 4.78 is 5.35. The molecule has 2 aromatic carbocycles. The zero-order valence-corrected chi connectivity index (χ0v) is 16.1. The van der Waals surface area contributed by atoms with Gasteiger partial charge in [0.25, 0.3) is 11.8 Å². The van der Waals surface area contributed by atoms with Gasteiger partial charge < -0.3 is 15.4 Å². The van der Waals surface area contributed by atoms with Gasteiger partial charge in [0.15, 0.2) is 5.96 Å². The van der Waals surface area contributed by atoms with Gasteiger partial charge in [-0.05, 0) is 30.2 Å². The number of imide groups is 1. The first-order valence-electron chi connectivity index (χ1n) is 9.17. The average molecular weight is 380 g/mol. The smallest absolute Gasteiger partial charge is 0.261 e. The van der Waals surface area contributed by atoms with E-state index in [4.69, 9.17) is 4.74 Å². The molecule has 0 saturated carbocycles. The molecule has 7 nitrogen and oxygen atoms in total. The number of carbonyl (C=O) groups excluding carboxylic acids is 2. The number of aliphatic imine (C=N–C) groups is 1. The highest BCUT2D eigenvalue weighted by molar-refractivity contribution is 6.21. The van der Waals surface area contributed by atoms with Crippen molar-refractivity contribution < 1.29 is 14.3 Å². The van der Waals surface area contributed by atoms with Gasteiger partial charge in [0.2, 0.25) is 0 Å². The quantitative estimate of drug-likeness (QED) is 0.434. The van der Waals surface area contributed by atoms with E-state index in [2.05, 4.69) is 15.6 Å². The maximum atomic E-state index is 12.4. The number of hydrogen-bond acceptors (Lipinski definition) is 4. The van der Waals surface area contributed by atoms with Crippen LogP contribution in [0.2, 0.25) is 0 Å². The van der Waals surface area contributed by atoms with E-state index in [0.29, 0.717) is 30.2 Å². The molecule has 0 saturated heterocycles. The topological polar surface area (TPSA) is 83.0 Å². The summed E-state index contributed by atoms with van der Waals surface area (Å²) in [6.07, 6.45) is 0.781. The fraction of sp³-hybridized carbons (Fsp3) is 0.286. The van der Waals surface area contributed by atoms with Crippen molar-refractivity contribution >= 4 is 17.8 Å². The van der Waals surface area contributed by atoms with Crippen LogP contribution in [0.1, 0.15) is 26.3 Å². The number of fused-ring (bicyclic) bond motifs is 1. The number of ether oxygens (including phenoxy) is 1. The Morgan fingerprint density at radius 3 is 2.21 bits per heavy atom. The molecule has 146 valence electrons. The van der Waals surface area contributed by atoms with E-state index < -0.39 is 0 Å². The molecule has 0 bridgehead atoms. The maximum absolute atomic E-state index is 12.4. The number of nitrogens with one attached hydrogen (secondary N) is 2. The van der Waals surface area contributed by atoms with Gasteiger partial charge in [-0.2, -0.15) is 0 Å². The Labute approximate surface area is 164 Å². The fourth-order valence-electron chi connectivity index (χ4n) is 3.17. The van der Waals surface area contributed by atoms with Crippen molar-refractivity contribution in [1.82, 2.24) is 15.5 Å². The summed E-state index contributed by atoms with van der Waals surface area (Å²) in [6, 6.07) is 14.8. The molecule has 0 spiro atoms. The SMILES string of the molecule is CN=C(NCCc1ccccc1OC)NCCN1C(=O)c2ccccc2C1=O. The van der Waals surface area contributed by atoms with E-state index in [-0.39, 0.29) is 18.4 Å². The number of hydrogen-bond donors (Lipinski definition) is 2. The van der Waals surface area contributed by atoms with Crippen LogP contribution in [-0.2, 0) is 6.42 Å². The molecule has 28 heavy (non-hydrogen) atoms. The first-order chi connectivity index (χ1) is 13.7. The maximum Gasteiger partial charge on any atom is 0.261 e. The van der Waals surface area contributed by atoms with Crippen molar-refractivity contribution in [3.05, 3.63) is 65.2 Å². The molecule has 1 heterocycles. The third kappa shape index (κ3) is 4.14. The zero-order valence-electron chi connectivity index (χ0n) is 16.1. The Bertz CT molecular complexity index is 860. The summed E-state index contributed by atoms with van der Waals surface area (Å²) in [5.41, 5.74) is 2.04. The van der Waals surface area contributed by atoms with Gasteiger partial charge in [-0.3, -0.25) is 19.5 Å². The molecular formula is C21H24N4O3. The summed E-state index contributed by atoms with van der Waals surface area (Å²) in [5.74, 6) is 0.979. The molecule has 1 aliphatic heterocycles. The van der Waals surface area contributed by atoms with Gasteiger partial charge in [-0.25, -0.2) is 0 Å². The lowest BCUT2D eigenvalue weighted by Gasteiger charge is -2.16. The van der Waals surface area contributed by atoms with Crippen LogP contribution in [0.15, 0.2) is 53.5 Å². The van der Waals surface area contributed by atoms with E-state index in [9.17, 15) is 9.59 Å². The Hall–Kier alpha value is -3.35. The predicted molar refractivity (Wildman–Crippen MR) is 108 cm³/mol. The molecule has 0 atom stereocenters. The van der Waals surface area contributed by atoms with Crippen LogP contribution in [0.5, 0.6) is 5.75 Å². The molecule has 0 fully saturated rings. The minimum atomic E-state index is -0.249. The molecule has 7 heteroatoms. The van der Waals surface area contributed by atoms with Crippen LogP contribution in [0.4, 0.5) is 0 Å². The van der Waals surface area contributed by atoms with Crippen LogP contribution in [0.3, 0.4) is 0 Å². The second-order valence-electron chi connectivity index (χ2n) is 6.30. The summed E-state index contributed by atoms with van der Waals surface area (Å²) in [6.45, 7) is 1.37. The Balaban J connectivity index is 1.46. The van der Waals surface area contributed by atoms with E-state index in [0.717, 1.165) is 17.7 Å². The number of para-hydroxylation sites is 1. The second-order valence-corrected chi connectivity index (χ2v) is 6.30. The largest absolute Gasteiger partial charge is 0.496 e. The van der Waals surface area contributed by atoms with Gasteiger partial charge in [0.05, 0.1) is 18.2 Å². The standard InChI is InChI=1S/C21H24N4O3/c1-22-21(23-12-11-15-7-3-6-10-18(15)28-2)24-13-14-25-19(26)16-8-4-5-9-17(16)20(25)27/h3-10H,11-14H2,1-2H3,(H2,22,23,24). The van der Waals surface area contributed by atoms with Crippen molar-refractivity contribution in [2.75, 3.05) is 33.8 Å². The molecule has 0 unspecified atom stereocenters. The monoisotopic (exact) mass is 380 g/mol. The molecule has 1 aliphatic rings. The van der Waals surface area contributed by atoms with Gasteiger partial charge in [0.1, 0.15) is 5.75 Å². The molecule has 2 amide bonds. The average Bonchev–Trinajstić information content (AvgIpc) is 2.98. The third-order valence-electron chi connectivity index (χ3n) is 4.61. The first-order valence-corrected chi connectivity index (χ1v) is 9.17. The highest BCUT2D eigenvalue weighted by atomic mass is 16.5. The van der Waals surface area contributed by atoms with Crippen molar-refractivity contribution in [1.29, 1.82) is 0 Å². The van der Waals surface area contributed by atoms with Crippen LogP contribution in [0, 0.1) is 0 Å². The van der Waals surface area contributed by atoms with Crippen molar-refractivity contribution in [3.8, 4) is 5.75 Å². The van der Waals surface area contributed by atoms with Crippen molar-refractivity contribution in [3.63, 3.8) is 0 Å².